The molecule has 0 saturated carbocycles. The quantitative estimate of drug-likeness (QED) is 0.427. The van der Waals surface area contributed by atoms with E-state index in [2.05, 4.69) is 5.32 Å². The van der Waals surface area contributed by atoms with Gasteiger partial charge in [-0.1, -0.05) is 0 Å². The van der Waals surface area contributed by atoms with Gasteiger partial charge >= 0.3 is 5.97 Å². The molecule has 1 aromatic carbocycles. The second kappa shape index (κ2) is 8.56. The van der Waals surface area contributed by atoms with Gasteiger partial charge in [-0.05, 0) is 32.8 Å². The number of hydrogen-bond donors (Lipinski definition) is 1. The molecule has 160 valence electrons. The maximum Gasteiger partial charge on any atom is 0.336 e. The monoisotopic (exact) mass is 416 g/mol. The van der Waals surface area contributed by atoms with Gasteiger partial charge in [-0.3, -0.25) is 14.9 Å². The number of nitrogens with zero attached hydrogens (tertiary/aromatic N) is 1. The molecule has 0 saturated heterocycles. The summed E-state index contributed by atoms with van der Waals surface area (Å²) in [6, 6.07) is 2.72. The van der Waals surface area contributed by atoms with Crippen LogP contribution in [0.2, 0.25) is 0 Å². The number of esters is 1. The predicted octanol–water partition coefficient (Wildman–Crippen LogP) is 3.14. The van der Waals surface area contributed by atoms with Gasteiger partial charge in [0.15, 0.2) is 17.3 Å². The van der Waals surface area contributed by atoms with E-state index >= 15 is 0 Å². The van der Waals surface area contributed by atoms with Crippen molar-refractivity contribution in [3.8, 4) is 11.5 Å². The van der Waals surface area contributed by atoms with E-state index in [9.17, 15) is 19.7 Å². The Kier molecular flexibility index (Phi) is 6.09. The number of allylic oxidation sites excluding steroid dienone is 3. The number of nitrogens with one attached hydrogen (secondary N) is 1. The van der Waals surface area contributed by atoms with Gasteiger partial charge in [0.1, 0.15) is 0 Å². The first-order valence-electron chi connectivity index (χ1n) is 9.65. The number of hydrogen-bond acceptors (Lipinski definition) is 8. The first-order chi connectivity index (χ1) is 14.3. The van der Waals surface area contributed by atoms with Crippen molar-refractivity contribution in [3.05, 3.63) is 50.4 Å². The molecule has 0 bridgehead atoms. The Labute approximate surface area is 173 Å². The number of dihydropyridines is 1. The molecule has 0 radical (unpaired) electrons. The van der Waals surface area contributed by atoms with E-state index in [-0.39, 0.29) is 40.7 Å². The Balaban J connectivity index is 2.33. The molecule has 30 heavy (non-hydrogen) atoms. The number of methoxy groups -OCH3 is 2. The number of ketones is 1. The molecule has 2 aliphatic rings. The number of carbonyl (C=O) groups excluding carboxylic acids is 2. The van der Waals surface area contributed by atoms with E-state index in [1.54, 1.807) is 13.8 Å². The highest BCUT2D eigenvalue weighted by molar-refractivity contribution is 6.04. The van der Waals surface area contributed by atoms with Gasteiger partial charge in [-0.25, -0.2) is 4.79 Å². The van der Waals surface area contributed by atoms with Crippen LogP contribution in [0.1, 0.15) is 44.6 Å². The van der Waals surface area contributed by atoms with Gasteiger partial charge in [-0.15, -0.1) is 0 Å². The zero-order valence-corrected chi connectivity index (χ0v) is 17.4. The lowest BCUT2D eigenvalue weighted by molar-refractivity contribution is -0.385. The van der Waals surface area contributed by atoms with Crippen molar-refractivity contribution in [3.63, 3.8) is 0 Å². The number of nitro benzene ring substituents is 1. The Morgan fingerprint density at radius 2 is 1.90 bits per heavy atom. The highest BCUT2D eigenvalue weighted by atomic mass is 16.6. The minimum atomic E-state index is -0.937. The smallest absolute Gasteiger partial charge is 0.336 e. The summed E-state index contributed by atoms with van der Waals surface area (Å²) in [5.74, 6) is -1.26. The Bertz CT molecular complexity index is 978. The molecule has 1 aliphatic carbocycles. The van der Waals surface area contributed by atoms with E-state index in [1.807, 2.05) is 0 Å². The summed E-state index contributed by atoms with van der Waals surface area (Å²) in [4.78, 5) is 37.1. The molecule has 1 heterocycles. The molecule has 1 aromatic rings. The van der Waals surface area contributed by atoms with Crippen LogP contribution in [-0.4, -0.2) is 37.5 Å². The number of nitro groups is 1. The van der Waals surface area contributed by atoms with Crippen molar-refractivity contribution in [1.29, 1.82) is 0 Å². The maximum absolute atomic E-state index is 12.9. The second-order valence-corrected chi connectivity index (χ2v) is 7.01. The highest BCUT2D eigenvalue weighted by Crippen LogP contribution is 2.47. The third kappa shape index (κ3) is 3.62. The molecule has 0 aromatic heterocycles. The third-order valence-corrected chi connectivity index (χ3v) is 5.31. The minimum Gasteiger partial charge on any atom is -0.493 e. The van der Waals surface area contributed by atoms with Gasteiger partial charge in [0.05, 0.1) is 43.3 Å². The van der Waals surface area contributed by atoms with E-state index in [0.717, 1.165) is 0 Å². The summed E-state index contributed by atoms with van der Waals surface area (Å²) in [5, 5.41) is 15.1. The lowest BCUT2D eigenvalue weighted by atomic mass is 9.74. The third-order valence-electron chi connectivity index (χ3n) is 5.31. The molecule has 9 nitrogen and oxygen atoms in total. The van der Waals surface area contributed by atoms with Crippen LogP contribution in [0.4, 0.5) is 5.69 Å². The number of benzene rings is 1. The van der Waals surface area contributed by atoms with Crippen LogP contribution in [0, 0.1) is 10.1 Å². The SMILES string of the molecule is CCOC(=O)C1=C(C)NC2=C(C(=O)CCC2)C1c1cc(OC)c(OC)cc1[N+](=O)[O-]. The van der Waals surface area contributed by atoms with Crippen LogP contribution in [0.5, 0.6) is 11.5 Å². The molecular formula is C21H24N2O7. The number of ether oxygens (including phenoxy) is 3. The van der Waals surface area contributed by atoms with E-state index in [0.29, 0.717) is 36.2 Å². The standard InChI is InChI=1S/C21H24N2O7/c1-5-30-21(25)18-11(2)22-13-7-6-8-15(24)20(13)19(18)12-9-16(28-3)17(29-4)10-14(12)23(26)27/h9-10,19,22H,5-8H2,1-4H3. The average Bonchev–Trinajstić information content (AvgIpc) is 2.71. The van der Waals surface area contributed by atoms with Crippen molar-refractivity contribution in [2.75, 3.05) is 20.8 Å². The van der Waals surface area contributed by atoms with E-state index in [4.69, 9.17) is 14.2 Å². The van der Waals surface area contributed by atoms with E-state index < -0.39 is 16.8 Å². The fourth-order valence-corrected chi connectivity index (χ4v) is 4.05. The van der Waals surface area contributed by atoms with Crippen LogP contribution >= 0.6 is 0 Å². The first-order valence-corrected chi connectivity index (χ1v) is 9.65. The topological polar surface area (TPSA) is 117 Å². The van der Waals surface area contributed by atoms with Gasteiger partial charge in [-0.2, -0.15) is 0 Å². The van der Waals surface area contributed by atoms with Crippen LogP contribution in [0.3, 0.4) is 0 Å². The molecule has 9 heteroatoms. The fraction of sp³-hybridized carbons (Fsp3) is 0.429. The molecule has 3 rings (SSSR count). The fourth-order valence-electron chi connectivity index (χ4n) is 4.05. The predicted molar refractivity (Wildman–Crippen MR) is 107 cm³/mol. The summed E-state index contributed by atoms with van der Waals surface area (Å²) < 4.78 is 15.8. The highest BCUT2D eigenvalue weighted by Gasteiger charge is 2.42. The van der Waals surface area contributed by atoms with Crippen LogP contribution in [-0.2, 0) is 14.3 Å². The molecule has 0 fully saturated rings. The Morgan fingerprint density at radius 1 is 1.23 bits per heavy atom. The summed E-state index contributed by atoms with van der Waals surface area (Å²) >= 11 is 0. The Hall–Kier alpha value is -3.36. The van der Waals surface area contributed by atoms with E-state index in [1.165, 1.54) is 26.4 Å². The summed E-state index contributed by atoms with van der Waals surface area (Å²) in [6.07, 6.45) is 1.60. The van der Waals surface area contributed by atoms with Gasteiger partial charge in [0, 0.05) is 29.0 Å². The minimum absolute atomic E-state index is 0.135. The molecule has 1 atom stereocenters. The van der Waals surface area contributed by atoms with Crippen LogP contribution in [0.15, 0.2) is 34.7 Å². The molecule has 1 N–H and O–H groups in total. The van der Waals surface area contributed by atoms with Crippen LogP contribution in [0.25, 0.3) is 0 Å². The summed E-state index contributed by atoms with van der Waals surface area (Å²) in [7, 11) is 2.80. The largest absolute Gasteiger partial charge is 0.493 e. The van der Waals surface area contributed by atoms with Crippen LogP contribution < -0.4 is 14.8 Å². The lowest BCUT2D eigenvalue weighted by Crippen LogP contribution is -2.34. The van der Waals surface area contributed by atoms with Gasteiger partial charge in [0.25, 0.3) is 5.69 Å². The molecule has 0 amide bonds. The first kappa shape index (κ1) is 21.4. The number of carbonyl (C=O) groups is 2. The molecule has 1 unspecified atom stereocenters. The Morgan fingerprint density at radius 3 is 2.50 bits per heavy atom. The van der Waals surface area contributed by atoms with Crippen molar-refractivity contribution in [2.24, 2.45) is 0 Å². The number of rotatable bonds is 6. The van der Waals surface area contributed by atoms with Crippen molar-refractivity contribution in [2.45, 2.75) is 39.0 Å². The number of Topliss-reactive ketones (excluding diaryl/α,β-unsaturated/α-hetero) is 1. The molecule has 0 spiro atoms. The molecular weight excluding hydrogens is 392 g/mol. The summed E-state index contributed by atoms with van der Waals surface area (Å²) in [6.45, 7) is 3.51. The van der Waals surface area contributed by atoms with Gasteiger partial charge in [0.2, 0.25) is 0 Å². The second-order valence-electron chi connectivity index (χ2n) is 7.01. The van der Waals surface area contributed by atoms with Crippen molar-refractivity contribution < 1.29 is 28.7 Å². The zero-order valence-electron chi connectivity index (χ0n) is 17.4. The molecule has 1 aliphatic heterocycles. The lowest BCUT2D eigenvalue weighted by Gasteiger charge is -2.34. The van der Waals surface area contributed by atoms with Crippen molar-refractivity contribution >= 4 is 17.4 Å². The van der Waals surface area contributed by atoms with Gasteiger partial charge < -0.3 is 19.5 Å². The van der Waals surface area contributed by atoms with Crippen molar-refractivity contribution in [1.82, 2.24) is 5.32 Å². The summed E-state index contributed by atoms with van der Waals surface area (Å²) in [5.41, 5.74) is 1.66. The normalized spacial score (nSPS) is 18.5. The zero-order chi connectivity index (χ0) is 22.0. The maximum atomic E-state index is 12.9. The average molecular weight is 416 g/mol.